The van der Waals surface area contributed by atoms with Crippen molar-refractivity contribution in [2.24, 2.45) is 11.8 Å². The number of amides is 1. The van der Waals surface area contributed by atoms with Crippen molar-refractivity contribution in [3.8, 4) is 0 Å². The van der Waals surface area contributed by atoms with Gasteiger partial charge in [0.05, 0.1) is 11.8 Å². The molecule has 0 spiro atoms. The maximum Gasteiger partial charge on any atom is 0.255 e. The minimum atomic E-state index is -0.497. The molecule has 2 rings (SSSR count). The summed E-state index contributed by atoms with van der Waals surface area (Å²) in [5.41, 5.74) is 0.269. The number of hydrogen-bond donors (Lipinski definition) is 2. The van der Waals surface area contributed by atoms with E-state index in [1.807, 2.05) is 0 Å². The van der Waals surface area contributed by atoms with E-state index in [-0.39, 0.29) is 17.5 Å². The summed E-state index contributed by atoms with van der Waals surface area (Å²) in [6.45, 7) is 4.38. The fraction of sp³-hybridized carbons (Fsp3) is 0.625. The van der Waals surface area contributed by atoms with E-state index >= 15 is 0 Å². The van der Waals surface area contributed by atoms with Crippen molar-refractivity contribution in [2.45, 2.75) is 45.6 Å². The lowest BCUT2D eigenvalue weighted by Gasteiger charge is -2.35. The second-order valence-electron chi connectivity index (χ2n) is 6.07. The number of hydrogen-bond acceptors (Lipinski definition) is 3. The van der Waals surface area contributed by atoms with E-state index in [1.165, 1.54) is 12.5 Å². The lowest BCUT2D eigenvalue weighted by molar-refractivity contribution is 0.0889. The molecule has 1 heterocycles. The van der Waals surface area contributed by atoms with E-state index in [2.05, 4.69) is 29.5 Å². The van der Waals surface area contributed by atoms with Crippen LogP contribution < -0.4 is 10.6 Å². The normalized spacial score (nSPS) is 22.1. The summed E-state index contributed by atoms with van der Waals surface area (Å²) in [5, 5.41) is 5.92. The zero-order valence-corrected chi connectivity index (χ0v) is 12.9. The Hall–Kier alpha value is -1.65. The lowest BCUT2D eigenvalue weighted by Crippen LogP contribution is -2.44. The molecule has 0 aromatic carbocycles. The summed E-state index contributed by atoms with van der Waals surface area (Å²) in [6.07, 6.45) is 5.60. The number of aromatic nitrogens is 1. The minimum Gasteiger partial charge on any atom is -0.372 e. The van der Waals surface area contributed by atoms with E-state index in [1.54, 1.807) is 7.05 Å². The van der Waals surface area contributed by atoms with Crippen molar-refractivity contribution in [3.63, 3.8) is 0 Å². The van der Waals surface area contributed by atoms with E-state index in [4.69, 9.17) is 0 Å². The SMILES string of the molecule is CNc1ncc(F)cc1C(=O)NC1CCCCC1C(C)C. The van der Waals surface area contributed by atoms with Crippen molar-refractivity contribution in [1.29, 1.82) is 0 Å². The van der Waals surface area contributed by atoms with Crippen LogP contribution in [0.2, 0.25) is 0 Å². The Morgan fingerprint density at radius 2 is 2.10 bits per heavy atom. The van der Waals surface area contributed by atoms with Crippen LogP contribution >= 0.6 is 0 Å². The average Bonchev–Trinajstić information content (AvgIpc) is 2.47. The summed E-state index contributed by atoms with van der Waals surface area (Å²) in [5.74, 6) is 0.685. The first-order valence-corrected chi connectivity index (χ1v) is 7.67. The van der Waals surface area contributed by atoms with Gasteiger partial charge in [0.1, 0.15) is 11.6 Å². The Balaban J connectivity index is 2.15. The van der Waals surface area contributed by atoms with Gasteiger partial charge in [0, 0.05) is 13.1 Å². The van der Waals surface area contributed by atoms with Crippen LogP contribution in [-0.4, -0.2) is 24.0 Å². The van der Waals surface area contributed by atoms with Crippen LogP contribution in [0.25, 0.3) is 0 Å². The number of rotatable bonds is 4. The van der Waals surface area contributed by atoms with Gasteiger partial charge >= 0.3 is 0 Å². The number of halogens is 1. The Labute approximate surface area is 125 Å². The average molecular weight is 293 g/mol. The molecule has 2 N–H and O–H groups in total. The smallest absolute Gasteiger partial charge is 0.255 e. The van der Waals surface area contributed by atoms with Crippen molar-refractivity contribution >= 4 is 11.7 Å². The lowest BCUT2D eigenvalue weighted by atomic mass is 9.78. The molecule has 0 aliphatic heterocycles. The number of carbonyl (C=O) groups excluding carboxylic acids is 1. The van der Waals surface area contributed by atoms with Gasteiger partial charge in [0.25, 0.3) is 5.91 Å². The van der Waals surface area contributed by atoms with Crippen molar-refractivity contribution < 1.29 is 9.18 Å². The summed E-state index contributed by atoms with van der Waals surface area (Å²) in [7, 11) is 1.68. The molecule has 116 valence electrons. The first-order chi connectivity index (χ1) is 10.0. The van der Waals surface area contributed by atoms with Crippen LogP contribution in [0.3, 0.4) is 0 Å². The molecule has 0 radical (unpaired) electrons. The van der Waals surface area contributed by atoms with Crippen molar-refractivity contribution in [1.82, 2.24) is 10.3 Å². The molecule has 1 aromatic rings. The third kappa shape index (κ3) is 3.71. The first-order valence-electron chi connectivity index (χ1n) is 7.67. The van der Waals surface area contributed by atoms with Gasteiger partial charge in [-0.25, -0.2) is 9.37 Å². The molecule has 1 amide bonds. The Kier molecular flexibility index (Phi) is 5.15. The maximum atomic E-state index is 13.4. The second kappa shape index (κ2) is 6.87. The predicted molar refractivity (Wildman–Crippen MR) is 81.8 cm³/mol. The van der Waals surface area contributed by atoms with Crippen LogP contribution in [0.5, 0.6) is 0 Å². The van der Waals surface area contributed by atoms with Crippen LogP contribution in [0, 0.1) is 17.7 Å². The van der Waals surface area contributed by atoms with Gasteiger partial charge in [0.2, 0.25) is 0 Å². The zero-order chi connectivity index (χ0) is 15.4. The zero-order valence-electron chi connectivity index (χ0n) is 12.9. The highest BCUT2D eigenvalue weighted by molar-refractivity contribution is 5.98. The molecular formula is C16H24FN3O. The molecule has 1 aliphatic rings. The van der Waals surface area contributed by atoms with Crippen LogP contribution in [0.1, 0.15) is 49.9 Å². The van der Waals surface area contributed by atoms with Crippen LogP contribution in [0.4, 0.5) is 10.2 Å². The van der Waals surface area contributed by atoms with Gasteiger partial charge in [-0.15, -0.1) is 0 Å². The molecule has 1 saturated carbocycles. The standard InChI is InChI=1S/C16H24FN3O/c1-10(2)12-6-4-5-7-14(12)20-16(21)13-8-11(17)9-19-15(13)18-3/h8-10,12,14H,4-7H2,1-3H3,(H,18,19)(H,20,21). The molecule has 2 unspecified atom stereocenters. The maximum absolute atomic E-state index is 13.4. The fourth-order valence-electron chi connectivity index (χ4n) is 3.19. The van der Waals surface area contributed by atoms with Crippen LogP contribution in [-0.2, 0) is 0 Å². The molecule has 4 nitrogen and oxygen atoms in total. The second-order valence-corrected chi connectivity index (χ2v) is 6.07. The number of nitrogens with zero attached hydrogens (tertiary/aromatic N) is 1. The van der Waals surface area contributed by atoms with Gasteiger partial charge in [-0.3, -0.25) is 4.79 Å². The Morgan fingerprint density at radius 3 is 2.76 bits per heavy atom. The Morgan fingerprint density at radius 1 is 1.38 bits per heavy atom. The van der Waals surface area contributed by atoms with E-state index in [9.17, 15) is 9.18 Å². The Bertz CT molecular complexity index is 504. The molecule has 2 atom stereocenters. The van der Waals surface area contributed by atoms with Gasteiger partial charge in [-0.1, -0.05) is 26.7 Å². The summed E-state index contributed by atoms with van der Waals surface area (Å²) in [4.78, 5) is 16.4. The number of pyridine rings is 1. The monoisotopic (exact) mass is 293 g/mol. The molecule has 1 aliphatic carbocycles. The van der Waals surface area contributed by atoms with Gasteiger partial charge < -0.3 is 10.6 Å². The number of carbonyl (C=O) groups is 1. The summed E-state index contributed by atoms with van der Waals surface area (Å²) >= 11 is 0. The first kappa shape index (κ1) is 15.7. The quantitative estimate of drug-likeness (QED) is 0.896. The number of nitrogens with one attached hydrogen (secondary N) is 2. The molecule has 1 aromatic heterocycles. The molecule has 21 heavy (non-hydrogen) atoms. The molecule has 0 saturated heterocycles. The molecule has 1 fully saturated rings. The van der Waals surface area contributed by atoms with Gasteiger partial charge in [-0.2, -0.15) is 0 Å². The number of anilines is 1. The topological polar surface area (TPSA) is 54.0 Å². The summed E-state index contributed by atoms with van der Waals surface area (Å²) < 4.78 is 13.4. The highest BCUT2D eigenvalue weighted by Crippen LogP contribution is 2.30. The van der Waals surface area contributed by atoms with E-state index in [0.29, 0.717) is 17.7 Å². The summed E-state index contributed by atoms with van der Waals surface area (Å²) in [6, 6.07) is 1.40. The third-order valence-corrected chi connectivity index (χ3v) is 4.33. The van der Waals surface area contributed by atoms with Gasteiger partial charge in [-0.05, 0) is 30.7 Å². The fourth-order valence-corrected chi connectivity index (χ4v) is 3.19. The largest absolute Gasteiger partial charge is 0.372 e. The molecule has 5 heteroatoms. The van der Waals surface area contributed by atoms with Crippen LogP contribution in [0.15, 0.2) is 12.3 Å². The molecule has 0 bridgehead atoms. The van der Waals surface area contributed by atoms with E-state index in [0.717, 1.165) is 25.5 Å². The predicted octanol–water partition coefficient (Wildman–Crippen LogP) is 3.21. The minimum absolute atomic E-state index is 0.166. The third-order valence-electron chi connectivity index (χ3n) is 4.33. The highest BCUT2D eigenvalue weighted by atomic mass is 19.1. The van der Waals surface area contributed by atoms with E-state index < -0.39 is 5.82 Å². The molecular weight excluding hydrogens is 269 g/mol. The highest BCUT2D eigenvalue weighted by Gasteiger charge is 2.29. The van der Waals surface area contributed by atoms with Gasteiger partial charge in [0.15, 0.2) is 0 Å². The van der Waals surface area contributed by atoms with Crippen molar-refractivity contribution in [3.05, 3.63) is 23.6 Å². The van der Waals surface area contributed by atoms with Crippen molar-refractivity contribution in [2.75, 3.05) is 12.4 Å².